The van der Waals surface area contributed by atoms with E-state index in [0.29, 0.717) is 54.0 Å². The van der Waals surface area contributed by atoms with Crippen LogP contribution in [0, 0.1) is 5.82 Å². The van der Waals surface area contributed by atoms with Crippen molar-refractivity contribution in [2.75, 3.05) is 18.6 Å². The number of methoxy groups -OCH3 is 1. The van der Waals surface area contributed by atoms with Gasteiger partial charge in [0.2, 0.25) is 0 Å². The zero-order valence-corrected chi connectivity index (χ0v) is 16.6. The number of ether oxygens (including phenoxy) is 1. The van der Waals surface area contributed by atoms with E-state index >= 15 is 0 Å². The first-order chi connectivity index (χ1) is 14.5. The minimum atomic E-state index is -0.677. The minimum Gasteiger partial charge on any atom is -0.495 e. The third-order valence-electron chi connectivity index (χ3n) is 5.53. The lowest BCUT2D eigenvalue weighted by Gasteiger charge is -2.31. The Morgan fingerprint density at radius 1 is 1.17 bits per heavy atom. The summed E-state index contributed by atoms with van der Waals surface area (Å²) in [6, 6.07) is 13.0. The first kappa shape index (κ1) is 19.8. The summed E-state index contributed by atoms with van der Waals surface area (Å²) in [5.41, 5.74) is 8.21. The molecule has 0 aromatic heterocycles. The molecule has 1 atom stereocenters. The van der Waals surface area contributed by atoms with Gasteiger partial charge in [0.15, 0.2) is 0 Å². The molecule has 6 nitrogen and oxygen atoms in total. The molecule has 7 heteroatoms. The third kappa shape index (κ3) is 3.58. The Labute approximate surface area is 173 Å². The summed E-state index contributed by atoms with van der Waals surface area (Å²) >= 11 is 0. The van der Waals surface area contributed by atoms with Gasteiger partial charge >= 0.3 is 0 Å². The lowest BCUT2D eigenvalue weighted by molar-refractivity contribution is -0.115. The number of aliphatic imine (C=N–C) groups is 1. The molecule has 2 aromatic rings. The van der Waals surface area contributed by atoms with Crippen LogP contribution in [0.5, 0.6) is 5.75 Å². The van der Waals surface area contributed by atoms with Crippen LogP contribution in [-0.2, 0) is 9.59 Å². The van der Waals surface area contributed by atoms with E-state index in [1.54, 1.807) is 30.2 Å². The number of carbonyl (C=O) groups excluding carboxylic acids is 2. The number of benzene rings is 2. The summed E-state index contributed by atoms with van der Waals surface area (Å²) in [6.45, 7) is 0.384. The van der Waals surface area contributed by atoms with Gasteiger partial charge in [-0.3, -0.25) is 14.6 Å². The van der Waals surface area contributed by atoms with E-state index in [1.807, 2.05) is 18.2 Å². The van der Waals surface area contributed by atoms with Crippen molar-refractivity contribution in [3.8, 4) is 5.75 Å². The van der Waals surface area contributed by atoms with Gasteiger partial charge in [-0.1, -0.05) is 24.3 Å². The molecule has 0 saturated heterocycles. The van der Waals surface area contributed by atoms with Gasteiger partial charge in [0.05, 0.1) is 18.8 Å². The summed E-state index contributed by atoms with van der Waals surface area (Å²) in [7, 11) is 1.56. The van der Waals surface area contributed by atoms with Crippen LogP contribution >= 0.6 is 0 Å². The van der Waals surface area contributed by atoms with E-state index in [1.165, 1.54) is 12.1 Å². The second-order valence-electron chi connectivity index (χ2n) is 7.29. The fourth-order valence-corrected chi connectivity index (χ4v) is 4.12. The van der Waals surface area contributed by atoms with Crippen molar-refractivity contribution in [1.82, 2.24) is 0 Å². The molecule has 2 aromatic carbocycles. The van der Waals surface area contributed by atoms with Crippen molar-refractivity contribution in [1.29, 1.82) is 0 Å². The molecule has 1 unspecified atom stereocenters. The maximum atomic E-state index is 13.7. The van der Waals surface area contributed by atoms with Crippen LogP contribution in [0.25, 0.3) is 0 Å². The summed E-state index contributed by atoms with van der Waals surface area (Å²) in [5.74, 6) is -0.632. The summed E-state index contributed by atoms with van der Waals surface area (Å²) < 4.78 is 19.1. The van der Waals surface area contributed by atoms with E-state index < -0.39 is 11.9 Å². The van der Waals surface area contributed by atoms with Gasteiger partial charge in [-0.2, -0.15) is 0 Å². The second kappa shape index (κ2) is 8.10. The van der Waals surface area contributed by atoms with Crippen LogP contribution in [0.3, 0.4) is 0 Å². The Morgan fingerprint density at radius 2 is 1.97 bits per heavy atom. The smallest absolute Gasteiger partial charge is 0.267 e. The van der Waals surface area contributed by atoms with Crippen molar-refractivity contribution >= 4 is 23.2 Å². The fourth-order valence-electron chi connectivity index (χ4n) is 4.12. The molecule has 2 heterocycles. The van der Waals surface area contributed by atoms with Crippen molar-refractivity contribution in [2.45, 2.75) is 25.3 Å². The number of hydrogen-bond acceptors (Lipinski definition) is 4. The average molecular weight is 407 g/mol. The molecule has 2 N–H and O–H groups in total. The molecule has 154 valence electrons. The summed E-state index contributed by atoms with van der Waals surface area (Å²) in [4.78, 5) is 31.8. The zero-order valence-electron chi connectivity index (χ0n) is 16.6. The number of nitrogens with zero attached hydrogens (tertiary/aromatic N) is 2. The predicted molar refractivity (Wildman–Crippen MR) is 112 cm³/mol. The lowest BCUT2D eigenvalue weighted by Crippen LogP contribution is -2.40. The first-order valence-electron chi connectivity index (χ1n) is 9.80. The van der Waals surface area contributed by atoms with E-state index in [-0.39, 0.29) is 17.4 Å². The van der Waals surface area contributed by atoms with Gasteiger partial charge in [0.25, 0.3) is 11.8 Å². The Bertz CT molecular complexity index is 1080. The van der Waals surface area contributed by atoms with Gasteiger partial charge in [-0.25, -0.2) is 4.39 Å². The Balaban J connectivity index is 1.71. The van der Waals surface area contributed by atoms with E-state index in [2.05, 4.69) is 4.99 Å². The standard InChI is InChI=1S/C23H22FN3O3/c1-30-20-8-3-2-7-19(20)27-12-11-16-17(23(27)29)9-10-18(26-21(16)22(25)28)14-5-4-6-15(24)13-14/h2-8,13,18H,9-12H2,1H3,(H2,25,28). The normalized spacial score (nSPS) is 19.1. The molecule has 0 aliphatic carbocycles. The Morgan fingerprint density at radius 3 is 2.70 bits per heavy atom. The second-order valence-corrected chi connectivity index (χ2v) is 7.29. The van der Waals surface area contributed by atoms with Gasteiger partial charge < -0.3 is 15.4 Å². The zero-order chi connectivity index (χ0) is 21.3. The highest BCUT2D eigenvalue weighted by atomic mass is 19.1. The number of hydrogen-bond donors (Lipinski definition) is 1. The maximum Gasteiger partial charge on any atom is 0.267 e. The molecule has 0 bridgehead atoms. The molecule has 2 aliphatic heterocycles. The van der Waals surface area contributed by atoms with Crippen LogP contribution in [-0.4, -0.2) is 31.2 Å². The molecule has 2 aliphatic rings. The number of amides is 2. The predicted octanol–water partition coefficient (Wildman–Crippen LogP) is 3.33. The Hall–Kier alpha value is -3.48. The summed E-state index contributed by atoms with van der Waals surface area (Å²) in [5, 5.41) is 0. The molecule has 2 amide bonds. The van der Waals surface area contributed by atoms with Crippen LogP contribution in [0.4, 0.5) is 10.1 Å². The highest BCUT2D eigenvalue weighted by Crippen LogP contribution is 2.37. The monoisotopic (exact) mass is 407 g/mol. The van der Waals surface area contributed by atoms with Crippen molar-refractivity contribution in [2.24, 2.45) is 10.7 Å². The summed E-state index contributed by atoms with van der Waals surface area (Å²) in [6.07, 6.45) is 1.35. The molecular weight excluding hydrogens is 385 g/mol. The van der Waals surface area contributed by atoms with Crippen molar-refractivity contribution in [3.63, 3.8) is 0 Å². The number of para-hydroxylation sites is 2. The van der Waals surface area contributed by atoms with Crippen molar-refractivity contribution in [3.05, 3.63) is 71.1 Å². The molecule has 0 saturated carbocycles. The van der Waals surface area contributed by atoms with Gasteiger partial charge in [0, 0.05) is 12.1 Å². The topological polar surface area (TPSA) is 85.0 Å². The lowest BCUT2D eigenvalue weighted by atomic mass is 9.91. The van der Waals surface area contributed by atoms with E-state index in [0.717, 1.165) is 0 Å². The molecule has 30 heavy (non-hydrogen) atoms. The van der Waals surface area contributed by atoms with Gasteiger partial charge in [0.1, 0.15) is 17.3 Å². The number of nitrogens with two attached hydrogens (primary N) is 1. The average Bonchev–Trinajstić information content (AvgIpc) is 2.95. The maximum absolute atomic E-state index is 13.7. The minimum absolute atomic E-state index is 0.116. The molecular formula is C23H22FN3O3. The van der Waals surface area contributed by atoms with E-state index in [4.69, 9.17) is 10.5 Å². The van der Waals surface area contributed by atoms with Gasteiger partial charge in [-0.15, -0.1) is 0 Å². The number of primary amides is 1. The third-order valence-corrected chi connectivity index (χ3v) is 5.53. The SMILES string of the molecule is COc1ccccc1N1CCC2=C(CCC(c3cccc(F)c3)N=C2C(N)=O)C1=O. The molecule has 0 fully saturated rings. The number of halogens is 1. The Kier molecular flexibility index (Phi) is 5.35. The fraction of sp³-hybridized carbons (Fsp3) is 0.261. The first-order valence-corrected chi connectivity index (χ1v) is 9.80. The van der Waals surface area contributed by atoms with Crippen LogP contribution in [0.15, 0.2) is 64.7 Å². The quantitative estimate of drug-likeness (QED) is 0.844. The molecule has 0 spiro atoms. The van der Waals surface area contributed by atoms with E-state index in [9.17, 15) is 14.0 Å². The largest absolute Gasteiger partial charge is 0.495 e. The number of rotatable bonds is 4. The van der Waals surface area contributed by atoms with Crippen LogP contribution in [0.2, 0.25) is 0 Å². The van der Waals surface area contributed by atoms with Crippen LogP contribution in [0.1, 0.15) is 30.9 Å². The molecule has 4 rings (SSSR count). The molecule has 0 radical (unpaired) electrons. The van der Waals surface area contributed by atoms with Crippen LogP contribution < -0.4 is 15.4 Å². The van der Waals surface area contributed by atoms with Gasteiger partial charge in [-0.05, 0) is 54.7 Å². The van der Waals surface area contributed by atoms with Crippen molar-refractivity contribution < 1.29 is 18.7 Å². The highest BCUT2D eigenvalue weighted by molar-refractivity contribution is 6.46. The number of carbonyl (C=O) groups is 2. The number of anilines is 1. The highest BCUT2D eigenvalue weighted by Gasteiger charge is 2.35.